The summed E-state index contributed by atoms with van der Waals surface area (Å²) in [5.41, 5.74) is 6.01. The van der Waals surface area contributed by atoms with E-state index < -0.39 is 0 Å². The van der Waals surface area contributed by atoms with Crippen LogP contribution in [0.4, 0.5) is 0 Å². The summed E-state index contributed by atoms with van der Waals surface area (Å²) in [5, 5.41) is 0. The molecule has 0 aromatic heterocycles. The molecule has 1 aliphatic carbocycles. The van der Waals surface area contributed by atoms with E-state index in [4.69, 9.17) is 10.5 Å². The Balaban J connectivity index is 2.70. The predicted molar refractivity (Wildman–Crippen MR) is 72.1 cm³/mol. The highest BCUT2D eigenvalue weighted by Gasteiger charge is 2.33. The molecule has 1 saturated carbocycles. The maximum atomic E-state index is 6.13. The lowest BCUT2D eigenvalue weighted by Gasteiger charge is -2.31. The molecule has 4 nitrogen and oxygen atoms in total. The van der Waals surface area contributed by atoms with E-state index >= 15 is 0 Å². The molecule has 1 fully saturated rings. The second-order valence-corrected chi connectivity index (χ2v) is 5.91. The second kappa shape index (κ2) is 5.71. The molecule has 0 amide bonds. The van der Waals surface area contributed by atoms with Crippen molar-refractivity contribution in [1.82, 2.24) is 4.90 Å². The smallest absolute Gasteiger partial charge is 0.192 e. The van der Waals surface area contributed by atoms with E-state index in [1.807, 2.05) is 0 Å². The lowest BCUT2D eigenvalue weighted by molar-refractivity contribution is 0.158. The predicted octanol–water partition coefficient (Wildman–Crippen LogP) is 1.85. The van der Waals surface area contributed by atoms with Crippen molar-refractivity contribution in [2.24, 2.45) is 16.6 Å². The molecule has 0 bridgehead atoms. The fourth-order valence-corrected chi connectivity index (χ4v) is 1.96. The van der Waals surface area contributed by atoms with Gasteiger partial charge in [0, 0.05) is 19.7 Å². The Morgan fingerprint density at radius 1 is 1.47 bits per heavy atom. The monoisotopic (exact) mass is 241 g/mol. The van der Waals surface area contributed by atoms with Crippen LogP contribution in [0.1, 0.15) is 40.5 Å². The van der Waals surface area contributed by atoms with Crippen molar-refractivity contribution < 1.29 is 4.74 Å². The normalized spacial score (nSPS) is 19.2. The maximum absolute atomic E-state index is 6.13. The van der Waals surface area contributed by atoms with Crippen LogP contribution in [-0.2, 0) is 4.74 Å². The summed E-state index contributed by atoms with van der Waals surface area (Å²) in [6.07, 6.45) is 2.63. The molecule has 0 aromatic carbocycles. The topological polar surface area (TPSA) is 50.9 Å². The fourth-order valence-electron chi connectivity index (χ4n) is 1.96. The van der Waals surface area contributed by atoms with Crippen LogP contribution < -0.4 is 5.73 Å². The van der Waals surface area contributed by atoms with Crippen LogP contribution in [0.25, 0.3) is 0 Å². The minimum absolute atomic E-state index is 0.126. The molecule has 2 N–H and O–H groups in total. The molecule has 0 saturated heterocycles. The van der Waals surface area contributed by atoms with Gasteiger partial charge in [-0.3, -0.25) is 0 Å². The number of nitrogens with zero attached hydrogens (tertiary/aromatic N) is 2. The van der Waals surface area contributed by atoms with Crippen molar-refractivity contribution >= 4 is 5.96 Å². The van der Waals surface area contributed by atoms with Crippen LogP contribution in [-0.4, -0.2) is 42.7 Å². The first-order chi connectivity index (χ1) is 7.85. The standard InChI is InChI=1S/C13H27N3O/c1-10(11-6-7-11)16(8-9-17-5)12(14)15-13(2,3)4/h10-11H,6-9H2,1-5H3,(H2,14,15). The minimum atomic E-state index is -0.126. The molecular formula is C13H27N3O. The molecule has 0 aliphatic heterocycles. The third-order valence-corrected chi connectivity index (χ3v) is 3.08. The van der Waals surface area contributed by atoms with Gasteiger partial charge < -0.3 is 15.4 Å². The molecule has 0 heterocycles. The van der Waals surface area contributed by atoms with Crippen molar-refractivity contribution in [3.05, 3.63) is 0 Å². The van der Waals surface area contributed by atoms with E-state index in [-0.39, 0.29) is 5.54 Å². The summed E-state index contributed by atoms with van der Waals surface area (Å²) in [7, 11) is 1.72. The van der Waals surface area contributed by atoms with Gasteiger partial charge in [0.1, 0.15) is 0 Å². The van der Waals surface area contributed by atoms with Crippen LogP contribution in [0.3, 0.4) is 0 Å². The fraction of sp³-hybridized carbons (Fsp3) is 0.923. The molecule has 100 valence electrons. The van der Waals surface area contributed by atoms with E-state index in [0.29, 0.717) is 18.6 Å². The first-order valence-corrected chi connectivity index (χ1v) is 6.46. The number of hydrogen-bond donors (Lipinski definition) is 1. The lowest BCUT2D eigenvalue weighted by atomic mass is 10.1. The average Bonchev–Trinajstić information content (AvgIpc) is 2.98. The molecule has 1 aliphatic rings. The van der Waals surface area contributed by atoms with Crippen molar-refractivity contribution in [1.29, 1.82) is 0 Å². The van der Waals surface area contributed by atoms with Gasteiger partial charge in [-0.1, -0.05) is 0 Å². The zero-order chi connectivity index (χ0) is 13.1. The van der Waals surface area contributed by atoms with Gasteiger partial charge in [-0.2, -0.15) is 0 Å². The van der Waals surface area contributed by atoms with Gasteiger partial charge in [0.05, 0.1) is 12.1 Å². The summed E-state index contributed by atoms with van der Waals surface area (Å²) in [6, 6.07) is 0.469. The number of rotatable bonds is 5. The van der Waals surface area contributed by atoms with Crippen LogP contribution in [0.2, 0.25) is 0 Å². The van der Waals surface area contributed by atoms with Gasteiger partial charge in [-0.25, -0.2) is 4.99 Å². The Morgan fingerprint density at radius 3 is 2.47 bits per heavy atom. The average molecular weight is 241 g/mol. The van der Waals surface area contributed by atoms with Crippen LogP contribution in [0, 0.1) is 5.92 Å². The van der Waals surface area contributed by atoms with Crippen LogP contribution >= 0.6 is 0 Å². The SMILES string of the molecule is COCCN(C(N)=NC(C)(C)C)C(C)C1CC1. The van der Waals surface area contributed by atoms with Gasteiger partial charge in [-0.15, -0.1) is 0 Å². The Hall–Kier alpha value is -0.770. The van der Waals surface area contributed by atoms with Gasteiger partial charge in [-0.05, 0) is 46.5 Å². The third kappa shape index (κ3) is 4.94. The number of ether oxygens (including phenoxy) is 1. The molecule has 17 heavy (non-hydrogen) atoms. The summed E-state index contributed by atoms with van der Waals surface area (Å²) in [4.78, 5) is 6.75. The number of aliphatic imine (C=N–C) groups is 1. The molecule has 1 rings (SSSR count). The first-order valence-electron chi connectivity index (χ1n) is 6.46. The lowest BCUT2D eigenvalue weighted by Crippen LogP contribution is -2.47. The molecule has 1 unspecified atom stereocenters. The molecule has 4 heteroatoms. The van der Waals surface area contributed by atoms with Gasteiger partial charge in [0.15, 0.2) is 5.96 Å². The largest absolute Gasteiger partial charge is 0.383 e. The second-order valence-electron chi connectivity index (χ2n) is 5.91. The molecule has 1 atom stereocenters. The van der Waals surface area contributed by atoms with Crippen LogP contribution in [0.5, 0.6) is 0 Å². The quantitative estimate of drug-likeness (QED) is 0.590. The van der Waals surface area contributed by atoms with Gasteiger partial charge >= 0.3 is 0 Å². The third-order valence-electron chi connectivity index (χ3n) is 3.08. The number of nitrogens with two attached hydrogens (primary N) is 1. The number of guanidine groups is 1. The zero-order valence-electron chi connectivity index (χ0n) is 11.9. The Morgan fingerprint density at radius 2 is 2.06 bits per heavy atom. The van der Waals surface area contributed by atoms with Gasteiger partial charge in [0.2, 0.25) is 0 Å². The summed E-state index contributed by atoms with van der Waals surface area (Å²) in [6.45, 7) is 9.94. The number of methoxy groups -OCH3 is 1. The number of hydrogen-bond acceptors (Lipinski definition) is 2. The Bertz CT molecular complexity index is 266. The summed E-state index contributed by atoms with van der Waals surface area (Å²) >= 11 is 0. The van der Waals surface area contributed by atoms with Crippen molar-refractivity contribution in [3.8, 4) is 0 Å². The molecule has 0 radical (unpaired) electrons. The Kier molecular flexibility index (Phi) is 4.80. The van der Waals surface area contributed by atoms with E-state index in [9.17, 15) is 0 Å². The molecule has 0 aromatic rings. The summed E-state index contributed by atoms with van der Waals surface area (Å²) < 4.78 is 5.15. The molecule has 0 spiro atoms. The highest BCUT2D eigenvalue weighted by molar-refractivity contribution is 5.78. The van der Waals surface area contributed by atoms with E-state index in [1.54, 1.807) is 7.11 Å². The minimum Gasteiger partial charge on any atom is -0.383 e. The van der Waals surface area contributed by atoms with Crippen molar-refractivity contribution in [2.75, 3.05) is 20.3 Å². The van der Waals surface area contributed by atoms with Crippen molar-refractivity contribution in [3.63, 3.8) is 0 Å². The van der Waals surface area contributed by atoms with E-state index in [0.717, 1.165) is 12.5 Å². The zero-order valence-corrected chi connectivity index (χ0v) is 11.9. The van der Waals surface area contributed by atoms with Crippen molar-refractivity contribution in [2.45, 2.75) is 52.1 Å². The first kappa shape index (κ1) is 14.3. The Labute approximate surface area is 105 Å². The summed E-state index contributed by atoms with van der Waals surface area (Å²) in [5.74, 6) is 1.43. The van der Waals surface area contributed by atoms with E-state index in [1.165, 1.54) is 12.8 Å². The molecular weight excluding hydrogens is 214 g/mol. The maximum Gasteiger partial charge on any atom is 0.192 e. The van der Waals surface area contributed by atoms with E-state index in [2.05, 4.69) is 37.6 Å². The highest BCUT2D eigenvalue weighted by Crippen LogP contribution is 2.35. The van der Waals surface area contributed by atoms with Gasteiger partial charge in [0.25, 0.3) is 0 Å². The highest BCUT2D eigenvalue weighted by atomic mass is 16.5. The van der Waals surface area contributed by atoms with Crippen LogP contribution in [0.15, 0.2) is 4.99 Å².